The molecule has 0 aliphatic heterocycles. The maximum Gasteiger partial charge on any atom is 0.247 e. The smallest absolute Gasteiger partial charge is 0.247 e. The van der Waals surface area contributed by atoms with E-state index in [2.05, 4.69) is 41.2 Å². The van der Waals surface area contributed by atoms with Crippen molar-refractivity contribution >= 4 is 0 Å². The van der Waals surface area contributed by atoms with Gasteiger partial charge in [0.2, 0.25) is 11.8 Å². The molecule has 2 rings (SSSR count). The van der Waals surface area contributed by atoms with Crippen LogP contribution in [-0.4, -0.2) is 40.8 Å². The van der Waals surface area contributed by atoms with Gasteiger partial charge in [-0.05, 0) is 32.1 Å². The highest BCUT2D eigenvalue weighted by atomic mass is 16.4. The minimum atomic E-state index is 0.386. The van der Waals surface area contributed by atoms with Gasteiger partial charge in [-0.15, -0.1) is 10.2 Å². The molecule has 1 N–H and O–H groups in total. The summed E-state index contributed by atoms with van der Waals surface area (Å²) in [6.07, 6.45) is 0. The van der Waals surface area contributed by atoms with E-state index in [9.17, 15) is 0 Å². The van der Waals surface area contributed by atoms with Crippen molar-refractivity contribution in [3.63, 3.8) is 0 Å². The summed E-state index contributed by atoms with van der Waals surface area (Å²) in [5, 5.41) is 11.6. The van der Waals surface area contributed by atoms with Crippen molar-refractivity contribution in [3.05, 3.63) is 36.2 Å². The highest BCUT2D eigenvalue weighted by Gasteiger charge is 2.10. The molecule has 5 nitrogen and oxygen atoms in total. The van der Waals surface area contributed by atoms with E-state index in [4.69, 9.17) is 4.42 Å². The van der Waals surface area contributed by atoms with Gasteiger partial charge in [0.05, 0.1) is 6.54 Å². The Hall–Kier alpha value is -1.72. The van der Waals surface area contributed by atoms with Crippen molar-refractivity contribution in [2.75, 3.05) is 19.6 Å². The van der Waals surface area contributed by atoms with Crippen LogP contribution in [0.4, 0.5) is 0 Å². The highest BCUT2D eigenvalue weighted by molar-refractivity contribution is 5.51. The average molecular weight is 288 g/mol. The maximum atomic E-state index is 5.68. The van der Waals surface area contributed by atoms with Crippen molar-refractivity contribution < 1.29 is 4.42 Å². The minimum absolute atomic E-state index is 0.386. The number of aromatic nitrogens is 2. The van der Waals surface area contributed by atoms with Crippen LogP contribution in [0.2, 0.25) is 0 Å². The van der Waals surface area contributed by atoms with Gasteiger partial charge >= 0.3 is 0 Å². The first-order chi connectivity index (χ1) is 10.2. The molecule has 0 fully saturated rings. The zero-order valence-electron chi connectivity index (χ0n) is 13.0. The molecule has 0 amide bonds. The van der Waals surface area contributed by atoms with Crippen molar-refractivity contribution in [2.24, 2.45) is 0 Å². The van der Waals surface area contributed by atoms with Crippen molar-refractivity contribution in [1.29, 1.82) is 0 Å². The first-order valence-electron chi connectivity index (χ1n) is 7.56. The number of nitrogens with one attached hydrogen (secondary N) is 1. The van der Waals surface area contributed by atoms with Crippen LogP contribution in [0.5, 0.6) is 0 Å². The first kappa shape index (κ1) is 15.7. The summed E-state index contributed by atoms with van der Waals surface area (Å²) in [6, 6.07) is 10.2. The van der Waals surface area contributed by atoms with E-state index < -0.39 is 0 Å². The molecule has 1 aromatic heterocycles. The molecular weight excluding hydrogens is 264 g/mol. The monoisotopic (exact) mass is 288 g/mol. The summed E-state index contributed by atoms with van der Waals surface area (Å²) in [5.41, 5.74) is 0.951. The van der Waals surface area contributed by atoms with E-state index in [1.807, 2.05) is 30.3 Å². The van der Waals surface area contributed by atoms with Crippen molar-refractivity contribution in [2.45, 2.75) is 33.4 Å². The zero-order valence-corrected chi connectivity index (χ0v) is 13.0. The number of hydrogen-bond acceptors (Lipinski definition) is 5. The highest BCUT2D eigenvalue weighted by Crippen LogP contribution is 2.16. The predicted octanol–water partition coefficient (Wildman–Crippen LogP) is 2.56. The van der Waals surface area contributed by atoms with E-state index in [-0.39, 0.29) is 0 Å². The van der Waals surface area contributed by atoms with E-state index >= 15 is 0 Å². The van der Waals surface area contributed by atoms with Gasteiger partial charge in [0, 0.05) is 18.2 Å². The van der Waals surface area contributed by atoms with E-state index in [1.165, 1.54) is 0 Å². The molecule has 0 radical (unpaired) electrons. The van der Waals surface area contributed by atoms with Crippen LogP contribution in [0.25, 0.3) is 11.5 Å². The fourth-order valence-electron chi connectivity index (χ4n) is 2.22. The van der Waals surface area contributed by atoms with Gasteiger partial charge in [0.25, 0.3) is 0 Å². The van der Waals surface area contributed by atoms with Gasteiger partial charge in [-0.2, -0.15) is 0 Å². The molecule has 114 valence electrons. The molecule has 0 aliphatic carbocycles. The Kier molecular flexibility index (Phi) is 5.90. The van der Waals surface area contributed by atoms with E-state index in [1.54, 1.807) is 0 Å². The SMILES string of the molecule is CCN(CC)CC(C)NCc1nnc(-c2ccccc2)o1. The summed E-state index contributed by atoms with van der Waals surface area (Å²) in [6.45, 7) is 10.3. The van der Waals surface area contributed by atoms with Gasteiger partial charge in [0.15, 0.2) is 0 Å². The molecular formula is C16H24N4O. The lowest BCUT2D eigenvalue weighted by Crippen LogP contribution is -2.38. The Morgan fingerprint density at radius 3 is 2.52 bits per heavy atom. The van der Waals surface area contributed by atoms with Crippen LogP contribution >= 0.6 is 0 Å². The summed E-state index contributed by atoms with van der Waals surface area (Å²) in [4.78, 5) is 2.39. The van der Waals surface area contributed by atoms with Gasteiger partial charge < -0.3 is 14.6 Å². The van der Waals surface area contributed by atoms with Crippen molar-refractivity contribution in [1.82, 2.24) is 20.4 Å². The predicted molar refractivity (Wildman–Crippen MR) is 83.8 cm³/mol. The quantitative estimate of drug-likeness (QED) is 0.809. The van der Waals surface area contributed by atoms with Gasteiger partial charge in [-0.1, -0.05) is 32.0 Å². The fraction of sp³-hybridized carbons (Fsp3) is 0.500. The number of rotatable bonds is 8. The lowest BCUT2D eigenvalue weighted by molar-refractivity contribution is 0.267. The molecule has 0 bridgehead atoms. The molecule has 0 aliphatic rings. The molecule has 0 saturated heterocycles. The normalized spacial score (nSPS) is 12.8. The third-order valence-corrected chi connectivity index (χ3v) is 3.52. The Bertz CT molecular complexity index is 522. The fourth-order valence-corrected chi connectivity index (χ4v) is 2.22. The van der Waals surface area contributed by atoms with Gasteiger partial charge in [0.1, 0.15) is 0 Å². The number of likely N-dealkylation sites (N-methyl/N-ethyl adjacent to an activating group) is 1. The third kappa shape index (κ3) is 4.65. The Labute approximate surface area is 126 Å². The average Bonchev–Trinajstić information content (AvgIpc) is 3.00. The Morgan fingerprint density at radius 2 is 1.86 bits per heavy atom. The second-order valence-electron chi connectivity index (χ2n) is 5.13. The zero-order chi connectivity index (χ0) is 15.1. The summed E-state index contributed by atoms with van der Waals surface area (Å²) in [7, 11) is 0. The molecule has 1 atom stereocenters. The van der Waals surface area contributed by atoms with E-state index in [0.717, 1.165) is 25.2 Å². The number of benzene rings is 1. The number of hydrogen-bond donors (Lipinski definition) is 1. The van der Waals surface area contributed by atoms with Crippen LogP contribution < -0.4 is 5.32 Å². The van der Waals surface area contributed by atoms with Crippen molar-refractivity contribution in [3.8, 4) is 11.5 Å². The molecule has 1 aromatic carbocycles. The van der Waals surface area contributed by atoms with Crippen LogP contribution in [0.3, 0.4) is 0 Å². The second kappa shape index (κ2) is 7.90. The Balaban J connectivity index is 1.86. The minimum Gasteiger partial charge on any atom is -0.419 e. The molecule has 21 heavy (non-hydrogen) atoms. The second-order valence-corrected chi connectivity index (χ2v) is 5.13. The van der Waals surface area contributed by atoms with Gasteiger partial charge in [-0.25, -0.2) is 0 Å². The van der Waals surface area contributed by atoms with Crippen LogP contribution in [-0.2, 0) is 6.54 Å². The molecule has 2 aromatic rings. The molecule has 0 saturated carbocycles. The third-order valence-electron chi connectivity index (χ3n) is 3.52. The van der Waals surface area contributed by atoms with Crippen LogP contribution in [0.15, 0.2) is 34.7 Å². The van der Waals surface area contributed by atoms with Crippen LogP contribution in [0, 0.1) is 0 Å². The lowest BCUT2D eigenvalue weighted by atomic mass is 10.2. The Morgan fingerprint density at radius 1 is 1.14 bits per heavy atom. The number of nitrogens with zero attached hydrogens (tertiary/aromatic N) is 3. The molecule has 1 unspecified atom stereocenters. The molecule has 0 spiro atoms. The van der Waals surface area contributed by atoms with Gasteiger partial charge in [-0.3, -0.25) is 0 Å². The lowest BCUT2D eigenvalue weighted by Gasteiger charge is -2.22. The largest absolute Gasteiger partial charge is 0.419 e. The standard InChI is InChI=1S/C16H24N4O/c1-4-20(5-2)12-13(3)17-11-15-18-19-16(21-15)14-9-7-6-8-10-14/h6-10,13,17H,4-5,11-12H2,1-3H3. The summed E-state index contributed by atoms with van der Waals surface area (Å²) >= 11 is 0. The molecule has 1 heterocycles. The first-order valence-corrected chi connectivity index (χ1v) is 7.56. The topological polar surface area (TPSA) is 54.2 Å². The van der Waals surface area contributed by atoms with E-state index in [0.29, 0.717) is 24.4 Å². The van der Waals surface area contributed by atoms with Crippen LogP contribution in [0.1, 0.15) is 26.7 Å². The summed E-state index contributed by atoms with van der Waals surface area (Å²) < 4.78 is 5.68. The molecule has 5 heteroatoms. The summed E-state index contributed by atoms with van der Waals surface area (Å²) in [5.74, 6) is 1.20. The maximum absolute atomic E-state index is 5.68.